The Morgan fingerprint density at radius 3 is 2.76 bits per heavy atom. The number of urea groups is 1. The van der Waals surface area contributed by atoms with Crippen molar-refractivity contribution in [2.24, 2.45) is 0 Å². The van der Waals surface area contributed by atoms with Gasteiger partial charge in [0.1, 0.15) is 5.54 Å². The molecule has 1 aromatic rings. The molecule has 1 N–H and O–H groups in total. The number of carbonyl (C=O) groups is 2. The van der Waals surface area contributed by atoms with E-state index in [4.69, 9.17) is 0 Å². The molecule has 2 atom stereocenters. The Balaban J connectivity index is 1.94. The quantitative estimate of drug-likeness (QED) is 0.863. The summed E-state index contributed by atoms with van der Waals surface area (Å²) in [6.07, 6.45) is 2.07. The molecule has 1 saturated heterocycles. The first-order valence-electron chi connectivity index (χ1n) is 7.37. The highest BCUT2D eigenvalue weighted by molar-refractivity contribution is 5.98. The van der Waals surface area contributed by atoms with E-state index in [1.807, 2.05) is 31.2 Å². The molecule has 0 aromatic heterocycles. The van der Waals surface area contributed by atoms with Crippen LogP contribution >= 0.6 is 0 Å². The molecule has 5 heteroatoms. The van der Waals surface area contributed by atoms with E-state index in [0.29, 0.717) is 13.0 Å². The van der Waals surface area contributed by atoms with Crippen molar-refractivity contribution in [1.29, 1.82) is 0 Å². The maximum absolute atomic E-state index is 12.9. The van der Waals surface area contributed by atoms with E-state index >= 15 is 0 Å². The van der Waals surface area contributed by atoms with E-state index < -0.39 is 11.5 Å². The van der Waals surface area contributed by atoms with Crippen LogP contribution in [0.5, 0.6) is 0 Å². The molecule has 2 amide bonds. The van der Waals surface area contributed by atoms with Gasteiger partial charge in [-0.25, -0.2) is 9.59 Å². The monoisotopic (exact) mass is 288 g/mol. The minimum absolute atomic E-state index is 0.0635. The molecule has 3 rings (SSSR count). The number of hydrogen-bond donors (Lipinski definition) is 1. The number of fused-ring (bicyclic) bond motifs is 1. The number of rotatable bonds is 1. The first-order valence-corrected chi connectivity index (χ1v) is 7.37. The topological polar surface area (TPSA) is 60.9 Å². The van der Waals surface area contributed by atoms with Crippen molar-refractivity contribution in [3.8, 4) is 0 Å². The molecule has 0 saturated carbocycles. The average Bonchev–Trinajstić information content (AvgIpc) is 2.98. The lowest BCUT2D eigenvalue weighted by Gasteiger charge is -2.36. The van der Waals surface area contributed by atoms with Crippen molar-refractivity contribution in [2.45, 2.75) is 44.7 Å². The Kier molecular flexibility index (Phi) is 3.15. The van der Waals surface area contributed by atoms with Crippen molar-refractivity contribution in [3.63, 3.8) is 0 Å². The lowest BCUT2D eigenvalue weighted by atomic mass is 9.99. The minimum Gasteiger partial charge on any atom is -0.480 e. The lowest BCUT2D eigenvalue weighted by molar-refractivity contribution is -0.147. The smallest absolute Gasteiger partial charge is 0.329 e. The molecule has 1 aromatic carbocycles. The van der Waals surface area contributed by atoms with Crippen molar-refractivity contribution in [3.05, 3.63) is 29.8 Å². The van der Waals surface area contributed by atoms with Gasteiger partial charge in [-0.1, -0.05) is 18.2 Å². The summed E-state index contributed by atoms with van der Waals surface area (Å²) in [5.41, 5.74) is 0.971. The molecule has 2 heterocycles. The molecule has 0 spiro atoms. The lowest BCUT2D eigenvalue weighted by Crippen LogP contribution is -2.56. The Morgan fingerprint density at radius 2 is 2.05 bits per heavy atom. The highest BCUT2D eigenvalue weighted by atomic mass is 16.4. The molecular formula is C16H20N2O3. The summed E-state index contributed by atoms with van der Waals surface area (Å²) in [6, 6.07) is 7.72. The van der Waals surface area contributed by atoms with Crippen LogP contribution in [0.4, 0.5) is 10.5 Å². The number of para-hydroxylation sites is 1. The summed E-state index contributed by atoms with van der Waals surface area (Å²) >= 11 is 0. The van der Waals surface area contributed by atoms with Crippen LogP contribution in [0.2, 0.25) is 0 Å². The molecular weight excluding hydrogens is 268 g/mol. The van der Waals surface area contributed by atoms with Crippen LogP contribution in [-0.2, 0) is 11.2 Å². The zero-order chi connectivity index (χ0) is 15.2. The van der Waals surface area contributed by atoms with E-state index in [0.717, 1.165) is 24.1 Å². The Bertz CT molecular complexity index is 601. The Labute approximate surface area is 124 Å². The third-order valence-corrected chi connectivity index (χ3v) is 4.75. The largest absolute Gasteiger partial charge is 0.480 e. The molecule has 112 valence electrons. The average molecular weight is 288 g/mol. The fourth-order valence-electron chi connectivity index (χ4n) is 3.48. The normalized spacial score (nSPS) is 27.8. The number of likely N-dealkylation sites (tertiary alicyclic amines) is 1. The summed E-state index contributed by atoms with van der Waals surface area (Å²) < 4.78 is 0. The zero-order valence-electron chi connectivity index (χ0n) is 12.4. The van der Waals surface area contributed by atoms with E-state index in [1.165, 1.54) is 4.90 Å². The number of carboxylic acids is 1. The number of hydrogen-bond acceptors (Lipinski definition) is 2. The first kappa shape index (κ1) is 13.9. The standard InChI is InChI=1S/C16H20N2O3/c1-11-10-12-6-3-4-7-13(12)18(11)15(21)17-9-5-8-16(17,2)14(19)20/h3-4,6-7,11H,5,8-10H2,1-2H3,(H,19,20). The molecule has 21 heavy (non-hydrogen) atoms. The second-order valence-corrected chi connectivity index (χ2v) is 6.17. The van der Waals surface area contributed by atoms with Crippen LogP contribution < -0.4 is 4.90 Å². The maximum atomic E-state index is 12.9. The van der Waals surface area contributed by atoms with Gasteiger partial charge in [0, 0.05) is 18.3 Å². The summed E-state index contributed by atoms with van der Waals surface area (Å²) in [7, 11) is 0. The minimum atomic E-state index is -1.09. The predicted octanol–water partition coefficient (Wildman–Crippen LogP) is 2.50. The van der Waals surface area contributed by atoms with Crippen molar-refractivity contribution in [1.82, 2.24) is 4.90 Å². The van der Waals surface area contributed by atoms with Crippen molar-refractivity contribution in [2.75, 3.05) is 11.4 Å². The number of aliphatic carboxylic acids is 1. The van der Waals surface area contributed by atoms with Crippen molar-refractivity contribution < 1.29 is 14.7 Å². The van der Waals surface area contributed by atoms with E-state index in [-0.39, 0.29) is 12.1 Å². The van der Waals surface area contributed by atoms with Gasteiger partial charge >= 0.3 is 12.0 Å². The van der Waals surface area contributed by atoms with Crippen LogP contribution in [-0.4, -0.2) is 40.1 Å². The van der Waals surface area contributed by atoms with E-state index in [9.17, 15) is 14.7 Å². The number of amides is 2. The Morgan fingerprint density at radius 1 is 1.33 bits per heavy atom. The van der Waals surface area contributed by atoms with Crippen LogP contribution in [0, 0.1) is 0 Å². The second kappa shape index (κ2) is 4.76. The second-order valence-electron chi connectivity index (χ2n) is 6.17. The maximum Gasteiger partial charge on any atom is 0.329 e. The number of benzene rings is 1. The summed E-state index contributed by atoms with van der Waals surface area (Å²) in [5.74, 6) is -0.923. The number of nitrogens with zero attached hydrogens (tertiary/aromatic N) is 2. The van der Waals surface area contributed by atoms with Crippen LogP contribution in [0.3, 0.4) is 0 Å². The molecule has 2 aliphatic heterocycles. The van der Waals surface area contributed by atoms with Gasteiger partial charge in [-0.05, 0) is 44.7 Å². The summed E-state index contributed by atoms with van der Waals surface area (Å²) in [6.45, 7) is 4.16. The first-order chi connectivity index (χ1) is 9.95. The number of anilines is 1. The van der Waals surface area contributed by atoms with Gasteiger partial charge in [0.2, 0.25) is 0 Å². The highest BCUT2D eigenvalue weighted by Gasteiger charge is 2.48. The third kappa shape index (κ3) is 1.99. The summed E-state index contributed by atoms with van der Waals surface area (Å²) in [5, 5.41) is 9.48. The molecule has 5 nitrogen and oxygen atoms in total. The molecule has 2 unspecified atom stereocenters. The van der Waals surface area contributed by atoms with Crippen LogP contribution in [0.15, 0.2) is 24.3 Å². The van der Waals surface area contributed by atoms with Crippen LogP contribution in [0.1, 0.15) is 32.3 Å². The predicted molar refractivity (Wildman–Crippen MR) is 79.5 cm³/mol. The van der Waals surface area contributed by atoms with Gasteiger partial charge in [0.25, 0.3) is 0 Å². The molecule has 0 radical (unpaired) electrons. The van der Waals surface area contributed by atoms with Crippen LogP contribution in [0.25, 0.3) is 0 Å². The number of carboxylic acid groups (broad SMARTS) is 1. The zero-order valence-corrected chi connectivity index (χ0v) is 12.4. The fraction of sp³-hybridized carbons (Fsp3) is 0.500. The molecule has 2 aliphatic rings. The molecule has 0 aliphatic carbocycles. The molecule has 0 bridgehead atoms. The Hall–Kier alpha value is -2.04. The van der Waals surface area contributed by atoms with Gasteiger partial charge in [0.05, 0.1) is 0 Å². The SMILES string of the molecule is CC1Cc2ccccc2N1C(=O)N1CCCC1(C)C(=O)O. The van der Waals surface area contributed by atoms with Gasteiger partial charge in [-0.15, -0.1) is 0 Å². The van der Waals surface area contributed by atoms with Gasteiger partial charge < -0.3 is 10.0 Å². The highest BCUT2D eigenvalue weighted by Crippen LogP contribution is 2.36. The molecule has 1 fully saturated rings. The van der Waals surface area contributed by atoms with E-state index in [2.05, 4.69) is 0 Å². The third-order valence-electron chi connectivity index (χ3n) is 4.75. The number of carbonyl (C=O) groups excluding carboxylic acids is 1. The van der Waals surface area contributed by atoms with Crippen molar-refractivity contribution >= 4 is 17.7 Å². The van der Waals surface area contributed by atoms with Gasteiger partial charge in [0.15, 0.2) is 0 Å². The summed E-state index contributed by atoms with van der Waals surface area (Å²) in [4.78, 5) is 27.8. The van der Waals surface area contributed by atoms with Gasteiger partial charge in [-0.3, -0.25) is 4.90 Å². The van der Waals surface area contributed by atoms with Gasteiger partial charge in [-0.2, -0.15) is 0 Å². The fourth-order valence-corrected chi connectivity index (χ4v) is 3.48. The van der Waals surface area contributed by atoms with E-state index in [1.54, 1.807) is 11.8 Å².